The first-order chi connectivity index (χ1) is 11.6. The fourth-order valence-corrected chi connectivity index (χ4v) is 2.34. The van der Waals surface area contributed by atoms with E-state index in [-0.39, 0.29) is 11.7 Å². The minimum Gasteiger partial charge on any atom is -0.486 e. The number of amides is 1. The van der Waals surface area contributed by atoms with Crippen molar-refractivity contribution in [1.29, 1.82) is 0 Å². The molecular weight excluding hydrogens is 306 g/mol. The first-order valence-electron chi connectivity index (χ1n) is 7.61. The van der Waals surface area contributed by atoms with E-state index in [2.05, 4.69) is 5.32 Å². The molecule has 0 saturated heterocycles. The number of benzene rings is 2. The van der Waals surface area contributed by atoms with E-state index in [0.29, 0.717) is 36.0 Å². The van der Waals surface area contributed by atoms with Crippen LogP contribution in [0.5, 0.6) is 11.5 Å². The molecule has 0 spiro atoms. The molecule has 1 amide bonds. The number of nitrogens with one attached hydrogen (secondary N) is 1. The average Bonchev–Trinajstić information content (AvgIpc) is 2.60. The van der Waals surface area contributed by atoms with Crippen molar-refractivity contribution in [2.45, 2.75) is 6.92 Å². The van der Waals surface area contributed by atoms with Gasteiger partial charge in [0.05, 0.1) is 0 Å². The summed E-state index contributed by atoms with van der Waals surface area (Å²) in [6, 6.07) is 12.3. The minimum absolute atomic E-state index is 0.0436. The summed E-state index contributed by atoms with van der Waals surface area (Å²) >= 11 is 0. The molecule has 0 aliphatic carbocycles. The molecule has 1 N–H and O–H groups in total. The Labute approximate surface area is 139 Å². The fourth-order valence-electron chi connectivity index (χ4n) is 2.34. The van der Waals surface area contributed by atoms with Crippen molar-refractivity contribution in [2.75, 3.05) is 18.5 Å². The second kappa shape index (κ2) is 7.00. The van der Waals surface area contributed by atoms with Gasteiger partial charge in [0.1, 0.15) is 13.2 Å². The molecule has 0 saturated carbocycles. The van der Waals surface area contributed by atoms with Gasteiger partial charge >= 0.3 is 0 Å². The van der Waals surface area contributed by atoms with Crippen molar-refractivity contribution in [3.05, 3.63) is 59.7 Å². The number of ether oxygens (including phenoxy) is 2. The maximum atomic E-state index is 12.0. The molecule has 24 heavy (non-hydrogen) atoms. The lowest BCUT2D eigenvalue weighted by Crippen LogP contribution is -2.15. The number of carbonyl (C=O) groups is 2. The van der Waals surface area contributed by atoms with E-state index < -0.39 is 0 Å². The Morgan fingerprint density at radius 3 is 2.62 bits per heavy atom. The molecule has 1 aliphatic rings. The highest BCUT2D eigenvalue weighted by atomic mass is 16.6. The van der Waals surface area contributed by atoms with E-state index >= 15 is 0 Å². The normalized spacial score (nSPS) is 12.9. The van der Waals surface area contributed by atoms with Crippen LogP contribution < -0.4 is 14.8 Å². The Hall–Kier alpha value is -3.08. The van der Waals surface area contributed by atoms with E-state index in [9.17, 15) is 9.59 Å². The Morgan fingerprint density at radius 1 is 1.04 bits per heavy atom. The number of rotatable bonds is 4. The van der Waals surface area contributed by atoms with Gasteiger partial charge in [0, 0.05) is 17.3 Å². The minimum atomic E-state index is -0.273. The molecule has 0 fully saturated rings. The first kappa shape index (κ1) is 15.8. The van der Waals surface area contributed by atoms with E-state index in [1.807, 2.05) is 18.2 Å². The molecule has 5 heteroatoms. The second-order valence-corrected chi connectivity index (χ2v) is 5.36. The van der Waals surface area contributed by atoms with E-state index in [0.717, 1.165) is 5.56 Å². The number of anilines is 1. The summed E-state index contributed by atoms with van der Waals surface area (Å²) < 4.78 is 11.0. The highest BCUT2D eigenvalue weighted by molar-refractivity contribution is 6.03. The molecule has 0 atom stereocenters. The van der Waals surface area contributed by atoms with E-state index in [1.54, 1.807) is 30.3 Å². The summed E-state index contributed by atoms with van der Waals surface area (Å²) in [4.78, 5) is 23.4. The molecule has 0 aromatic heterocycles. The number of carbonyl (C=O) groups excluding carboxylic acids is 2. The largest absolute Gasteiger partial charge is 0.486 e. The Morgan fingerprint density at radius 2 is 1.83 bits per heavy atom. The van der Waals surface area contributed by atoms with Gasteiger partial charge in [-0.2, -0.15) is 0 Å². The molecule has 0 radical (unpaired) electrons. The predicted octanol–water partition coefficient (Wildman–Crippen LogP) is 3.31. The van der Waals surface area contributed by atoms with Gasteiger partial charge in [0.2, 0.25) is 5.91 Å². The SMILES string of the molecule is CC(=O)c1cccc(NC(=O)/C=C/c2ccc3c(c2)OCCO3)c1. The van der Waals surface area contributed by atoms with Gasteiger partial charge in [-0.3, -0.25) is 9.59 Å². The highest BCUT2D eigenvalue weighted by Crippen LogP contribution is 2.31. The quantitative estimate of drug-likeness (QED) is 0.692. The molecule has 3 rings (SSSR count). The monoisotopic (exact) mass is 323 g/mol. The maximum Gasteiger partial charge on any atom is 0.248 e. The van der Waals surface area contributed by atoms with Gasteiger partial charge in [0.15, 0.2) is 17.3 Å². The summed E-state index contributed by atoms with van der Waals surface area (Å²) in [6.07, 6.45) is 3.13. The topological polar surface area (TPSA) is 64.6 Å². The number of Topliss-reactive ketones (excluding diaryl/α,β-unsaturated/α-hetero) is 1. The molecule has 2 aromatic rings. The lowest BCUT2D eigenvalue weighted by molar-refractivity contribution is -0.111. The summed E-state index contributed by atoms with van der Waals surface area (Å²) in [5.41, 5.74) is 1.98. The molecule has 1 heterocycles. The predicted molar refractivity (Wildman–Crippen MR) is 91.5 cm³/mol. The highest BCUT2D eigenvalue weighted by Gasteiger charge is 2.10. The maximum absolute atomic E-state index is 12.0. The van der Waals surface area contributed by atoms with Crippen LogP contribution in [0, 0.1) is 0 Å². The lowest BCUT2D eigenvalue weighted by atomic mass is 10.1. The number of hydrogen-bond donors (Lipinski definition) is 1. The van der Waals surface area contributed by atoms with Crippen LogP contribution in [0.4, 0.5) is 5.69 Å². The van der Waals surface area contributed by atoms with Crippen molar-refractivity contribution in [2.24, 2.45) is 0 Å². The number of fused-ring (bicyclic) bond motifs is 1. The molecule has 1 aliphatic heterocycles. The van der Waals surface area contributed by atoms with Crippen LogP contribution in [-0.2, 0) is 4.79 Å². The van der Waals surface area contributed by atoms with Crippen LogP contribution in [0.25, 0.3) is 6.08 Å². The van der Waals surface area contributed by atoms with Crippen molar-refractivity contribution in [3.63, 3.8) is 0 Å². The number of ketones is 1. The zero-order valence-corrected chi connectivity index (χ0v) is 13.2. The van der Waals surface area contributed by atoms with Gasteiger partial charge in [-0.25, -0.2) is 0 Å². The van der Waals surface area contributed by atoms with Crippen molar-refractivity contribution in [1.82, 2.24) is 0 Å². The standard InChI is InChI=1S/C19H17NO4/c1-13(21)15-3-2-4-16(12-15)20-19(22)8-6-14-5-7-17-18(11-14)24-10-9-23-17/h2-8,11-12H,9-10H2,1H3,(H,20,22)/b8-6+. The Kier molecular flexibility index (Phi) is 4.61. The van der Waals surface area contributed by atoms with Crippen LogP contribution in [0.2, 0.25) is 0 Å². The number of hydrogen-bond acceptors (Lipinski definition) is 4. The van der Waals surface area contributed by atoms with Crippen molar-refractivity contribution < 1.29 is 19.1 Å². The van der Waals surface area contributed by atoms with Crippen molar-refractivity contribution in [3.8, 4) is 11.5 Å². The third-order valence-electron chi connectivity index (χ3n) is 3.53. The van der Waals surface area contributed by atoms with E-state index in [4.69, 9.17) is 9.47 Å². The van der Waals surface area contributed by atoms with Gasteiger partial charge in [-0.1, -0.05) is 18.2 Å². The molecule has 122 valence electrons. The molecule has 5 nitrogen and oxygen atoms in total. The molecule has 0 bridgehead atoms. The fraction of sp³-hybridized carbons (Fsp3) is 0.158. The zero-order chi connectivity index (χ0) is 16.9. The van der Waals surface area contributed by atoms with Crippen molar-refractivity contribution >= 4 is 23.5 Å². The Balaban J connectivity index is 1.67. The summed E-state index contributed by atoms with van der Waals surface area (Å²) in [6.45, 7) is 2.56. The van der Waals surface area contributed by atoms with Crippen LogP contribution >= 0.6 is 0 Å². The summed E-state index contributed by atoms with van der Waals surface area (Å²) in [5, 5.41) is 2.74. The average molecular weight is 323 g/mol. The third-order valence-corrected chi connectivity index (χ3v) is 3.53. The van der Waals surface area contributed by atoms with Crippen LogP contribution in [0.15, 0.2) is 48.5 Å². The molecular formula is C19H17NO4. The van der Waals surface area contributed by atoms with Crippen LogP contribution in [-0.4, -0.2) is 24.9 Å². The second-order valence-electron chi connectivity index (χ2n) is 5.36. The third kappa shape index (κ3) is 3.81. The smallest absolute Gasteiger partial charge is 0.248 e. The van der Waals surface area contributed by atoms with Gasteiger partial charge in [-0.05, 0) is 42.8 Å². The zero-order valence-electron chi connectivity index (χ0n) is 13.2. The first-order valence-corrected chi connectivity index (χ1v) is 7.61. The Bertz CT molecular complexity index is 811. The molecule has 0 unspecified atom stereocenters. The van der Waals surface area contributed by atoms with Crippen LogP contribution in [0.3, 0.4) is 0 Å². The van der Waals surface area contributed by atoms with E-state index in [1.165, 1.54) is 13.0 Å². The molecule has 2 aromatic carbocycles. The van der Waals surface area contributed by atoms with Crippen LogP contribution in [0.1, 0.15) is 22.8 Å². The summed E-state index contributed by atoms with van der Waals surface area (Å²) in [5.74, 6) is 1.07. The summed E-state index contributed by atoms with van der Waals surface area (Å²) in [7, 11) is 0. The lowest BCUT2D eigenvalue weighted by Gasteiger charge is -2.18. The van der Waals surface area contributed by atoms with Gasteiger partial charge in [0.25, 0.3) is 0 Å². The van der Waals surface area contributed by atoms with Gasteiger partial charge < -0.3 is 14.8 Å². The van der Waals surface area contributed by atoms with Gasteiger partial charge in [-0.15, -0.1) is 0 Å².